The number of hydrogen-bond donors (Lipinski definition) is 1. The van der Waals surface area contributed by atoms with Gasteiger partial charge in [0.25, 0.3) is 0 Å². The van der Waals surface area contributed by atoms with Crippen LogP contribution in [0.2, 0.25) is 0 Å². The Morgan fingerprint density at radius 2 is 1.79 bits per heavy atom. The third-order valence-corrected chi connectivity index (χ3v) is 4.83. The highest BCUT2D eigenvalue weighted by molar-refractivity contribution is 7.89. The number of hydrogen-bond acceptors (Lipinski definition) is 3. The first-order valence-corrected chi connectivity index (χ1v) is 8.82. The van der Waals surface area contributed by atoms with Crippen LogP contribution in [0.25, 0.3) is 22.0 Å². The van der Waals surface area contributed by atoms with Gasteiger partial charge in [0, 0.05) is 29.8 Å². The van der Waals surface area contributed by atoms with Crippen molar-refractivity contribution in [2.24, 2.45) is 5.14 Å². The van der Waals surface area contributed by atoms with Gasteiger partial charge < -0.3 is 4.57 Å². The molecule has 1 aromatic heterocycles. The van der Waals surface area contributed by atoms with Crippen molar-refractivity contribution in [3.8, 4) is 11.1 Å². The molecule has 7 heteroatoms. The summed E-state index contributed by atoms with van der Waals surface area (Å²) < 4.78 is 38.9. The van der Waals surface area contributed by atoms with E-state index in [4.69, 9.17) is 5.14 Å². The Balaban J connectivity index is 2.23. The molecule has 5 nitrogen and oxygen atoms in total. The molecule has 3 aromatic rings. The molecule has 0 aliphatic rings. The van der Waals surface area contributed by atoms with E-state index >= 15 is 0 Å². The number of rotatable bonds is 3. The molecule has 0 saturated carbocycles. The Bertz CT molecular complexity index is 1090. The maximum absolute atomic E-state index is 14.5. The largest absolute Gasteiger partial charge is 0.348 e. The zero-order valence-electron chi connectivity index (χ0n) is 12.9. The normalized spacial score (nSPS) is 11.8. The third-order valence-electron chi connectivity index (χ3n) is 3.90. The van der Waals surface area contributed by atoms with Gasteiger partial charge in [-0.15, -0.1) is 0 Å². The predicted octanol–water partition coefficient (Wildman–Crippen LogP) is 2.47. The predicted molar refractivity (Wildman–Crippen MR) is 90.6 cm³/mol. The molecule has 0 spiro atoms. The first-order chi connectivity index (χ1) is 11.3. The number of pyridine rings is 1. The van der Waals surface area contributed by atoms with Crippen LogP contribution in [0.15, 0.2) is 58.4 Å². The Morgan fingerprint density at radius 1 is 1.12 bits per heavy atom. The second-order valence-electron chi connectivity index (χ2n) is 5.38. The molecule has 0 unspecified atom stereocenters. The van der Waals surface area contributed by atoms with E-state index in [1.54, 1.807) is 12.3 Å². The number of primary sulfonamides is 1. The van der Waals surface area contributed by atoms with Crippen molar-refractivity contribution in [2.75, 3.05) is 0 Å². The molecular weight excluding hydrogens is 331 g/mol. The summed E-state index contributed by atoms with van der Waals surface area (Å²) in [7, 11) is -3.80. The Hall–Kier alpha value is -2.51. The van der Waals surface area contributed by atoms with Crippen LogP contribution in [-0.2, 0) is 16.6 Å². The number of fused-ring (bicyclic) bond motifs is 1. The van der Waals surface area contributed by atoms with Crippen molar-refractivity contribution in [1.29, 1.82) is 0 Å². The molecule has 0 radical (unpaired) electrons. The highest BCUT2D eigenvalue weighted by atomic mass is 32.2. The molecule has 0 bridgehead atoms. The fourth-order valence-electron chi connectivity index (χ4n) is 2.65. The van der Waals surface area contributed by atoms with Gasteiger partial charge in [-0.25, -0.2) is 17.9 Å². The van der Waals surface area contributed by atoms with Crippen LogP contribution in [0.5, 0.6) is 0 Å². The Kier molecular flexibility index (Phi) is 3.98. The van der Waals surface area contributed by atoms with Crippen LogP contribution in [0.3, 0.4) is 0 Å². The van der Waals surface area contributed by atoms with Gasteiger partial charge in [-0.05, 0) is 36.8 Å². The average Bonchev–Trinajstić information content (AvgIpc) is 2.55. The first kappa shape index (κ1) is 16.4. The summed E-state index contributed by atoms with van der Waals surface area (Å²) >= 11 is 0. The molecular formula is C17H15FN2O3S. The number of aromatic nitrogens is 1. The lowest BCUT2D eigenvalue weighted by atomic mass is 10.0. The summed E-state index contributed by atoms with van der Waals surface area (Å²) in [6.45, 7) is 2.56. The summed E-state index contributed by atoms with van der Waals surface area (Å²) in [5, 5.41) is 5.37. The van der Waals surface area contributed by atoms with E-state index in [1.165, 1.54) is 36.4 Å². The number of benzene rings is 2. The second-order valence-corrected chi connectivity index (χ2v) is 6.95. The lowest BCUT2D eigenvalue weighted by Gasteiger charge is -2.11. The van der Waals surface area contributed by atoms with Crippen molar-refractivity contribution in [2.45, 2.75) is 18.4 Å². The van der Waals surface area contributed by atoms with Crippen LogP contribution in [0, 0.1) is 5.82 Å². The highest BCUT2D eigenvalue weighted by Gasteiger charge is 2.13. The van der Waals surface area contributed by atoms with Crippen LogP contribution in [-0.4, -0.2) is 13.0 Å². The quantitative estimate of drug-likeness (QED) is 0.791. The van der Waals surface area contributed by atoms with Gasteiger partial charge in [0.15, 0.2) is 5.43 Å². The van der Waals surface area contributed by atoms with Gasteiger partial charge in [0.2, 0.25) is 10.0 Å². The molecule has 0 atom stereocenters. The van der Waals surface area contributed by atoms with Crippen LogP contribution >= 0.6 is 0 Å². The first-order valence-electron chi connectivity index (χ1n) is 7.27. The average molecular weight is 346 g/mol. The lowest BCUT2D eigenvalue weighted by Crippen LogP contribution is -2.11. The maximum atomic E-state index is 14.5. The van der Waals surface area contributed by atoms with Gasteiger partial charge in [-0.2, -0.15) is 0 Å². The minimum atomic E-state index is -3.80. The summed E-state index contributed by atoms with van der Waals surface area (Å²) in [5.74, 6) is -0.545. The van der Waals surface area contributed by atoms with Crippen molar-refractivity contribution < 1.29 is 12.8 Å². The fraction of sp³-hybridized carbons (Fsp3) is 0.118. The minimum Gasteiger partial charge on any atom is -0.348 e. The molecule has 0 aliphatic carbocycles. The zero-order valence-corrected chi connectivity index (χ0v) is 13.7. The van der Waals surface area contributed by atoms with Crippen molar-refractivity contribution in [1.82, 2.24) is 4.57 Å². The summed E-state index contributed by atoms with van der Waals surface area (Å²) in [6.07, 6.45) is 1.66. The van der Waals surface area contributed by atoms with Gasteiger partial charge in [0.1, 0.15) is 5.82 Å². The van der Waals surface area contributed by atoms with Gasteiger partial charge in [-0.3, -0.25) is 4.79 Å². The Morgan fingerprint density at radius 3 is 2.38 bits per heavy atom. The highest BCUT2D eigenvalue weighted by Crippen LogP contribution is 2.27. The SMILES string of the molecule is CCn1ccc(=O)c2cc(F)c(-c3ccc(S(N)(=O)=O)cc3)cc21. The molecule has 0 saturated heterocycles. The van der Waals surface area contributed by atoms with E-state index < -0.39 is 15.8 Å². The number of aryl methyl sites for hydroxylation is 1. The zero-order chi connectivity index (χ0) is 17.5. The minimum absolute atomic E-state index is 0.0436. The topological polar surface area (TPSA) is 82.2 Å². The number of nitrogens with zero attached hydrogens (tertiary/aromatic N) is 1. The molecule has 2 aromatic carbocycles. The van der Waals surface area contributed by atoms with Gasteiger partial charge in [-0.1, -0.05) is 12.1 Å². The molecule has 2 N–H and O–H groups in total. The molecule has 0 amide bonds. The maximum Gasteiger partial charge on any atom is 0.238 e. The molecule has 124 valence electrons. The molecule has 24 heavy (non-hydrogen) atoms. The van der Waals surface area contributed by atoms with Crippen LogP contribution in [0.1, 0.15) is 6.92 Å². The number of sulfonamides is 1. The van der Waals surface area contributed by atoms with E-state index in [2.05, 4.69) is 0 Å². The monoisotopic (exact) mass is 346 g/mol. The third kappa shape index (κ3) is 2.83. The summed E-state index contributed by atoms with van der Waals surface area (Å²) in [5.41, 5.74) is 1.17. The van der Waals surface area contributed by atoms with Crippen molar-refractivity contribution >= 4 is 20.9 Å². The van der Waals surface area contributed by atoms with E-state index in [0.717, 1.165) is 0 Å². The van der Waals surface area contributed by atoms with E-state index in [9.17, 15) is 17.6 Å². The summed E-state index contributed by atoms with van der Waals surface area (Å²) in [4.78, 5) is 11.9. The van der Waals surface area contributed by atoms with Gasteiger partial charge >= 0.3 is 0 Å². The second kappa shape index (κ2) is 5.85. The Labute approximate surface area is 138 Å². The van der Waals surface area contributed by atoms with Crippen LogP contribution < -0.4 is 10.6 Å². The smallest absolute Gasteiger partial charge is 0.238 e. The lowest BCUT2D eigenvalue weighted by molar-refractivity contribution is 0.598. The molecule has 3 rings (SSSR count). The number of halogens is 1. The molecule has 1 heterocycles. The van der Waals surface area contributed by atoms with E-state index in [-0.39, 0.29) is 15.9 Å². The van der Waals surface area contributed by atoms with Crippen molar-refractivity contribution in [3.63, 3.8) is 0 Å². The standard InChI is InChI=1S/C17H15FN2O3S/c1-2-20-8-7-17(21)14-9-15(18)13(10-16(14)20)11-3-5-12(6-4-11)24(19,22)23/h3-10H,2H2,1H3,(H2,19,22,23). The van der Waals surface area contributed by atoms with Gasteiger partial charge in [0.05, 0.1) is 10.4 Å². The summed E-state index contributed by atoms with van der Waals surface area (Å²) in [6, 6.07) is 9.85. The van der Waals surface area contributed by atoms with Crippen LogP contribution in [0.4, 0.5) is 4.39 Å². The molecule has 0 aliphatic heterocycles. The number of nitrogens with two attached hydrogens (primary N) is 1. The van der Waals surface area contributed by atoms with E-state index in [1.807, 2.05) is 11.5 Å². The van der Waals surface area contributed by atoms with Crippen molar-refractivity contribution in [3.05, 3.63) is 64.7 Å². The fourth-order valence-corrected chi connectivity index (χ4v) is 3.16. The van der Waals surface area contributed by atoms with E-state index in [0.29, 0.717) is 23.0 Å². The molecule has 0 fully saturated rings.